The van der Waals surface area contributed by atoms with Crippen molar-refractivity contribution in [3.8, 4) is 11.5 Å². The zero-order valence-corrected chi connectivity index (χ0v) is 14.7. The summed E-state index contributed by atoms with van der Waals surface area (Å²) in [6.45, 7) is 0. The SMILES string of the molecule is O=C(O)/C(Cc1ccccc1)=C(\Cc1ccccc1)c1ccc(O)c(O)c1. The molecule has 0 aromatic heterocycles. The number of carbonyl (C=O) groups is 1. The number of hydrogen-bond donors (Lipinski definition) is 3. The van der Waals surface area contributed by atoms with Gasteiger partial charge in [0.05, 0.1) is 0 Å². The molecule has 4 heteroatoms. The van der Waals surface area contributed by atoms with Crippen molar-refractivity contribution in [3.05, 3.63) is 101 Å². The minimum atomic E-state index is -1.00. The lowest BCUT2D eigenvalue weighted by Gasteiger charge is -2.15. The molecule has 0 aliphatic rings. The lowest BCUT2D eigenvalue weighted by molar-refractivity contribution is -0.132. The zero-order chi connectivity index (χ0) is 19.2. The van der Waals surface area contributed by atoms with E-state index >= 15 is 0 Å². The number of aromatic hydroxyl groups is 2. The first kappa shape index (κ1) is 18.3. The Morgan fingerprint density at radius 1 is 0.704 bits per heavy atom. The first-order valence-corrected chi connectivity index (χ1v) is 8.60. The Kier molecular flexibility index (Phi) is 5.57. The molecule has 0 fully saturated rings. The number of phenols is 2. The summed E-state index contributed by atoms with van der Waals surface area (Å²) in [7, 11) is 0. The molecule has 136 valence electrons. The van der Waals surface area contributed by atoms with E-state index in [2.05, 4.69) is 0 Å². The fourth-order valence-electron chi connectivity index (χ4n) is 3.01. The maximum Gasteiger partial charge on any atom is 0.332 e. The van der Waals surface area contributed by atoms with E-state index in [1.54, 1.807) is 6.07 Å². The molecule has 27 heavy (non-hydrogen) atoms. The molecule has 0 unspecified atom stereocenters. The summed E-state index contributed by atoms with van der Waals surface area (Å²) >= 11 is 0. The second-order valence-corrected chi connectivity index (χ2v) is 6.29. The Balaban J connectivity index is 2.13. The molecular formula is C23H20O4. The molecule has 0 spiro atoms. The molecule has 3 aromatic carbocycles. The standard InChI is InChI=1S/C23H20O4/c24-21-12-11-18(15-22(21)25)19(13-16-7-3-1-4-8-16)20(23(26)27)14-17-9-5-2-6-10-17/h1-12,15,24-25H,13-14H2,(H,26,27)/b20-19+. The Bertz CT molecular complexity index is 960. The minimum Gasteiger partial charge on any atom is -0.504 e. The van der Waals surface area contributed by atoms with Crippen molar-refractivity contribution >= 4 is 11.5 Å². The third-order valence-electron chi connectivity index (χ3n) is 4.39. The molecule has 0 radical (unpaired) electrons. The molecule has 0 saturated carbocycles. The van der Waals surface area contributed by atoms with Crippen LogP contribution in [0, 0.1) is 0 Å². The van der Waals surface area contributed by atoms with E-state index in [9.17, 15) is 20.1 Å². The van der Waals surface area contributed by atoms with Gasteiger partial charge in [-0.3, -0.25) is 0 Å². The topological polar surface area (TPSA) is 77.8 Å². The number of carboxylic acids is 1. The summed E-state index contributed by atoms with van der Waals surface area (Å²) < 4.78 is 0. The average Bonchev–Trinajstić information content (AvgIpc) is 2.68. The van der Waals surface area contributed by atoms with Crippen molar-refractivity contribution in [3.63, 3.8) is 0 Å². The van der Waals surface area contributed by atoms with Gasteiger partial charge in [0.1, 0.15) is 0 Å². The largest absolute Gasteiger partial charge is 0.504 e. The highest BCUT2D eigenvalue weighted by atomic mass is 16.4. The predicted molar refractivity (Wildman–Crippen MR) is 105 cm³/mol. The first-order chi connectivity index (χ1) is 13.0. The minimum absolute atomic E-state index is 0.238. The normalized spacial score (nSPS) is 11.7. The lowest BCUT2D eigenvalue weighted by atomic mass is 9.90. The van der Waals surface area contributed by atoms with Crippen molar-refractivity contribution in [2.75, 3.05) is 0 Å². The van der Waals surface area contributed by atoms with E-state index in [0.29, 0.717) is 17.6 Å². The molecular weight excluding hydrogens is 340 g/mol. The van der Waals surface area contributed by atoms with Crippen LogP contribution in [0.25, 0.3) is 5.57 Å². The fraction of sp³-hybridized carbons (Fsp3) is 0.0870. The molecule has 4 nitrogen and oxygen atoms in total. The summed E-state index contributed by atoms with van der Waals surface area (Å²) in [6, 6.07) is 23.4. The Hall–Kier alpha value is -3.53. The number of aliphatic carboxylic acids is 1. The summed E-state index contributed by atoms with van der Waals surface area (Å²) in [5, 5.41) is 29.4. The highest BCUT2D eigenvalue weighted by molar-refractivity contribution is 5.97. The fourth-order valence-corrected chi connectivity index (χ4v) is 3.01. The van der Waals surface area contributed by atoms with Crippen LogP contribution in [0.2, 0.25) is 0 Å². The number of allylic oxidation sites excluding steroid dienone is 1. The molecule has 3 rings (SSSR count). The molecule has 0 heterocycles. The van der Waals surface area contributed by atoms with E-state index in [1.807, 2.05) is 60.7 Å². The van der Waals surface area contributed by atoms with Crippen LogP contribution in [-0.2, 0) is 17.6 Å². The van der Waals surface area contributed by atoms with E-state index in [1.165, 1.54) is 12.1 Å². The third-order valence-corrected chi connectivity index (χ3v) is 4.39. The van der Waals surface area contributed by atoms with Gasteiger partial charge in [0.25, 0.3) is 0 Å². The van der Waals surface area contributed by atoms with Crippen LogP contribution in [0.5, 0.6) is 11.5 Å². The number of benzene rings is 3. The maximum atomic E-state index is 12.1. The Morgan fingerprint density at radius 2 is 1.26 bits per heavy atom. The van der Waals surface area contributed by atoms with E-state index in [4.69, 9.17) is 0 Å². The van der Waals surface area contributed by atoms with Gasteiger partial charge in [0, 0.05) is 12.0 Å². The molecule has 0 saturated heterocycles. The van der Waals surface area contributed by atoms with Gasteiger partial charge in [-0.05, 0) is 40.8 Å². The third kappa shape index (κ3) is 4.55. The predicted octanol–water partition coefficient (Wildman–Crippen LogP) is 4.42. The molecule has 3 aromatic rings. The van der Waals surface area contributed by atoms with Crippen LogP contribution in [0.4, 0.5) is 0 Å². The van der Waals surface area contributed by atoms with Gasteiger partial charge in [0.2, 0.25) is 0 Å². The molecule has 0 atom stereocenters. The monoisotopic (exact) mass is 360 g/mol. The van der Waals surface area contributed by atoms with Crippen molar-refractivity contribution in [2.45, 2.75) is 12.8 Å². The second-order valence-electron chi connectivity index (χ2n) is 6.29. The van der Waals surface area contributed by atoms with Gasteiger partial charge < -0.3 is 15.3 Å². The number of phenolic OH excluding ortho intramolecular Hbond substituents is 2. The molecule has 0 aliphatic carbocycles. The quantitative estimate of drug-likeness (QED) is 0.449. The van der Waals surface area contributed by atoms with Crippen LogP contribution < -0.4 is 0 Å². The zero-order valence-electron chi connectivity index (χ0n) is 14.7. The Labute approximate surface area is 157 Å². The van der Waals surface area contributed by atoms with Crippen molar-refractivity contribution in [1.82, 2.24) is 0 Å². The summed E-state index contributed by atoms with van der Waals surface area (Å²) in [5.41, 5.74) is 3.29. The van der Waals surface area contributed by atoms with Crippen molar-refractivity contribution < 1.29 is 20.1 Å². The second kappa shape index (κ2) is 8.23. The van der Waals surface area contributed by atoms with Crippen LogP contribution in [0.1, 0.15) is 16.7 Å². The highest BCUT2D eigenvalue weighted by Crippen LogP contribution is 2.32. The Morgan fingerprint density at radius 3 is 1.78 bits per heavy atom. The van der Waals surface area contributed by atoms with Gasteiger partial charge >= 0.3 is 5.97 Å². The molecule has 3 N–H and O–H groups in total. The van der Waals surface area contributed by atoms with Crippen LogP contribution in [0.3, 0.4) is 0 Å². The van der Waals surface area contributed by atoms with Gasteiger partial charge in [-0.15, -0.1) is 0 Å². The van der Waals surface area contributed by atoms with E-state index in [-0.39, 0.29) is 23.5 Å². The van der Waals surface area contributed by atoms with E-state index in [0.717, 1.165) is 11.1 Å². The van der Waals surface area contributed by atoms with E-state index < -0.39 is 5.97 Å². The molecule has 0 aliphatic heterocycles. The van der Waals surface area contributed by atoms with Crippen LogP contribution in [0.15, 0.2) is 84.4 Å². The number of rotatable bonds is 6. The summed E-state index contributed by atoms with van der Waals surface area (Å²) in [4.78, 5) is 12.1. The lowest BCUT2D eigenvalue weighted by Crippen LogP contribution is -2.09. The van der Waals surface area contributed by atoms with Gasteiger partial charge in [0.15, 0.2) is 11.5 Å². The number of hydrogen-bond acceptors (Lipinski definition) is 3. The summed E-state index contributed by atoms with van der Waals surface area (Å²) in [6.07, 6.45) is 0.666. The highest BCUT2D eigenvalue weighted by Gasteiger charge is 2.18. The van der Waals surface area contributed by atoms with Gasteiger partial charge in [-0.2, -0.15) is 0 Å². The average molecular weight is 360 g/mol. The van der Waals surface area contributed by atoms with Crippen molar-refractivity contribution in [2.24, 2.45) is 0 Å². The maximum absolute atomic E-state index is 12.1. The molecule has 0 bridgehead atoms. The van der Waals surface area contributed by atoms with Gasteiger partial charge in [-0.25, -0.2) is 4.79 Å². The van der Waals surface area contributed by atoms with Crippen LogP contribution in [-0.4, -0.2) is 21.3 Å². The first-order valence-electron chi connectivity index (χ1n) is 8.60. The summed E-state index contributed by atoms with van der Waals surface area (Å²) in [5.74, 6) is -1.52. The smallest absolute Gasteiger partial charge is 0.332 e. The molecule has 0 amide bonds. The van der Waals surface area contributed by atoms with Crippen LogP contribution >= 0.6 is 0 Å². The van der Waals surface area contributed by atoms with Crippen molar-refractivity contribution in [1.29, 1.82) is 0 Å². The number of carboxylic acid groups (broad SMARTS) is 1. The van der Waals surface area contributed by atoms with Gasteiger partial charge in [-0.1, -0.05) is 66.7 Å².